The summed E-state index contributed by atoms with van der Waals surface area (Å²) in [5.41, 5.74) is 0.426. The largest absolute Gasteiger partial charge is 0.484 e. The SMILES string of the molecule is CC(C)C(NC(=O)COc1ccccc1)C(=O)N(C)Cc1ccccc1F. The first kappa shape index (κ1) is 20.4. The van der Waals surface area contributed by atoms with Gasteiger partial charge in [0.1, 0.15) is 17.6 Å². The molecule has 0 aliphatic rings. The van der Waals surface area contributed by atoms with Gasteiger partial charge in [0, 0.05) is 19.2 Å². The Balaban J connectivity index is 1.95. The lowest BCUT2D eigenvalue weighted by Gasteiger charge is -2.27. The van der Waals surface area contributed by atoms with E-state index in [2.05, 4.69) is 5.32 Å². The molecule has 144 valence electrons. The van der Waals surface area contributed by atoms with E-state index in [1.807, 2.05) is 32.0 Å². The maximum Gasteiger partial charge on any atom is 0.258 e. The van der Waals surface area contributed by atoms with Crippen LogP contribution in [0.2, 0.25) is 0 Å². The average molecular weight is 372 g/mol. The van der Waals surface area contributed by atoms with Gasteiger partial charge in [-0.05, 0) is 24.1 Å². The van der Waals surface area contributed by atoms with Crippen molar-refractivity contribution in [3.05, 3.63) is 66.0 Å². The van der Waals surface area contributed by atoms with Gasteiger partial charge in [-0.25, -0.2) is 4.39 Å². The molecule has 0 saturated carbocycles. The molecule has 2 rings (SSSR count). The van der Waals surface area contributed by atoms with Gasteiger partial charge in [0.2, 0.25) is 5.91 Å². The zero-order chi connectivity index (χ0) is 19.8. The summed E-state index contributed by atoms with van der Waals surface area (Å²) in [6.45, 7) is 3.64. The highest BCUT2D eigenvalue weighted by atomic mass is 19.1. The Morgan fingerprint density at radius 2 is 1.70 bits per heavy atom. The zero-order valence-corrected chi connectivity index (χ0v) is 15.8. The number of hydrogen-bond donors (Lipinski definition) is 1. The number of carbonyl (C=O) groups excluding carboxylic acids is 2. The molecule has 5 nitrogen and oxygen atoms in total. The molecular formula is C21H25FN2O3. The Kier molecular flexibility index (Phi) is 7.34. The van der Waals surface area contributed by atoms with Crippen LogP contribution in [0.15, 0.2) is 54.6 Å². The smallest absolute Gasteiger partial charge is 0.258 e. The number of para-hydroxylation sites is 1. The molecule has 0 radical (unpaired) electrons. The molecule has 2 aromatic carbocycles. The van der Waals surface area contributed by atoms with Crippen molar-refractivity contribution in [3.8, 4) is 5.75 Å². The van der Waals surface area contributed by atoms with E-state index in [0.717, 1.165) is 0 Å². The van der Waals surface area contributed by atoms with Crippen LogP contribution in [0.3, 0.4) is 0 Å². The van der Waals surface area contributed by atoms with Gasteiger partial charge in [-0.2, -0.15) is 0 Å². The molecule has 0 aliphatic carbocycles. The van der Waals surface area contributed by atoms with Crippen molar-refractivity contribution in [3.63, 3.8) is 0 Å². The minimum Gasteiger partial charge on any atom is -0.484 e. The lowest BCUT2D eigenvalue weighted by Crippen LogP contribution is -2.51. The highest BCUT2D eigenvalue weighted by Gasteiger charge is 2.27. The Morgan fingerprint density at radius 1 is 1.07 bits per heavy atom. The van der Waals surface area contributed by atoms with Crippen molar-refractivity contribution in [2.45, 2.75) is 26.4 Å². The molecule has 2 aromatic rings. The van der Waals surface area contributed by atoms with Crippen LogP contribution in [0.1, 0.15) is 19.4 Å². The quantitative estimate of drug-likeness (QED) is 0.775. The van der Waals surface area contributed by atoms with Gasteiger partial charge in [-0.15, -0.1) is 0 Å². The van der Waals surface area contributed by atoms with Gasteiger partial charge in [-0.3, -0.25) is 9.59 Å². The standard InChI is InChI=1S/C21H25FN2O3/c1-15(2)20(23-19(25)14-27-17-10-5-4-6-11-17)21(26)24(3)13-16-9-7-8-12-18(16)22/h4-12,15,20H,13-14H2,1-3H3,(H,23,25). The van der Waals surface area contributed by atoms with Crippen molar-refractivity contribution in [2.24, 2.45) is 5.92 Å². The third-order valence-corrected chi connectivity index (χ3v) is 4.10. The second kappa shape index (κ2) is 9.71. The molecule has 0 aromatic heterocycles. The molecule has 0 saturated heterocycles. The van der Waals surface area contributed by atoms with Crippen LogP contribution in [0.25, 0.3) is 0 Å². The number of ether oxygens (including phenoxy) is 1. The van der Waals surface area contributed by atoms with Gasteiger partial charge in [-0.1, -0.05) is 50.2 Å². The zero-order valence-electron chi connectivity index (χ0n) is 15.8. The fourth-order valence-electron chi connectivity index (χ4n) is 2.59. The molecule has 6 heteroatoms. The van der Waals surface area contributed by atoms with Gasteiger partial charge in [0.05, 0.1) is 0 Å². The van der Waals surface area contributed by atoms with E-state index in [1.165, 1.54) is 11.0 Å². The van der Waals surface area contributed by atoms with Gasteiger partial charge in [0.15, 0.2) is 6.61 Å². The molecule has 1 unspecified atom stereocenters. The Bertz CT molecular complexity index is 765. The minimum absolute atomic E-state index is 0.124. The second-order valence-electron chi connectivity index (χ2n) is 6.68. The van der Waals surface area contributed by atoms with Crippen molar-refractivity contribution in [2.75, 3.05) is 13.7 Å². The lowest BCUT2D eigenvalue weighted by molar-refractivity contribution is -0.137. The molecule has 0 heterocycles. The number of halogens is 1. The number of benzene rings is 2. The van der Waals surface area contributed by atoms with Gasteiger partial charge in [0.25, 0.3) is 5.91 Å². The highest BCUT2D eigenvalue weighted by molar-refractivity contribution is 5.88. The van der Waals surface area contributed by atoms with Crippen LogP contribution >= 0.6 is 0 Å². The van der Waals surface area contributed by atoms with E-state index >= 15 is 0 Å². The van der Waals surface area contributed by atoms with Crippen molar-refractivity contribution in [1.29, 1.82) is 0 Å². The maximum absolute atomic E-state index is 13.8. The molecular weight excluding hydrogens is 347 g/mol. The molecule has 0 bridgehead atoms. The third kappa shape index (κ3) is 6.09. The summed E-state index contributed by atoms with van der Waals surface area (Å²) in [4.78, 5) is 26.4. The number of likely N-dealkylation sites (N-methyl/N-ethyl adjacent to an activating group) is 1. The molecule has 0 spiro atoms. The fourth-order valence-corrected chi connectivity index (χ4v) is 2.59. The Hall–Kier alpha value is -2.89. The lowest BCUT2D eigenvalue weighted by atomic mass is 10.0. The highest BCUT2D eigenvalue weighted by Crippen LogP contribution is 2.12. The molecule has 2 amide bonds. The van der Waals surface area contributed by atoms with E-state index in [0.29, 0.717) is 11.3 Å². The minimum atomic E-state index is -0.714. The topological polar surface area (TPSA) is 58.6 Å². The number of hydrogen-bond acceptors (Lipinski definition) is 3. The Labute approximate surface area is 159 Å². The van der Waals surface area contributed by atoms with Crippen LogP contribution in [-0.2, 0) is 16.1 Å². The molecule has 27 heavy (non-hydrogen) atoms. The predicted molar refractivity (Wildman–Crippen MR) is 102 cm³/mol. The Morgan fingerprint density at radius 3 is 2.33 bits per heavy atom. The van der Waals surface area contributed by atoms with Crippen LogP contribution in [-0.4, -0.2) is 36.4 Å². The van der Waals surface area contributed by atoms with Gasteiger partial charge < -0.3 is 15.0 Å². The average Bonchev–Trinajstić information content (AvgIpc) is 2.66. The normalized spacial score (nSPS) is 11.7. The summed E-state index contributed by atoms with van der Waals surface area (Å²) in [6, 6.07) is 14.6. The van der Waals surface area contributed by atoms with Crippen LogP contribution in [0.4, 0.5) is 4.39 Å². The number of nitrogens with zero attached hydrogens (tertiary/aromatic N) is 1. The first-order chi connectivity index (χ1) is 12.9. The summed E-state index contributed by atoms with van der Waals surface area (Å²) in [5, 5.41) is 2.72. The van der Waals surface area contributed by atoms with E-state index in [-0.39, 0.29) is 36.7 Å². The summed E-state index contributed by atoms with van der Waals surface area (Å²) in [5.74, 6) is -0.567. The monoisotopic (exact) mass is 372 g/mol. The van der Waals surface area contributed by atoms with Crippen LogP contribution in [0.5, 0.6) is 5.75 Å². The summed E-state index contributed by atoms with van der Waals surface area (Å²) >= 11 is 0. The number of nitrogens with one attached hydrogen (secondary N) is 1. The molecule has 1 N–H and O–H groups in total. The van der Waals surface area contributed by atoms with E-state index in [9.17, 15) is 14.0 Å². The van der Waals surface area contributed by atoms with Crippen LogP contribution in [0, 0.1) is 11.7 Å². The summed E-state index contributed by atoms with van der Waals surface area (Å²) in [7, 11) is 1.59. The van der Waals surface area contributed by atoms with Crippen molar-refractivity contribution in [1.82, 2.24) is 10.2 Å². The van der Waals surface area contributed by atoms with E-state index in [1.54, 1.807) is 37.4 Å². The maximum atomic E-state index is 13.8. The van der Waals surface area contributed by atoms with Gasteiger partial charge >= 0.3 is 0 Å². The van der Waals surface area contributed by atoms with E-state index < -0.39 is 6.04 Å². The van der Waals surface area contributed by atoms with Crippen molar-refractivity contribution >= 4 is 11.8 Å². The number of rotatable bonds is 8. The number of amides is 2. The fraction of sp³-hybridized carbons (Fsp3) is 0.333. The molecule has 1 atom stereocenters. The predicted octanol–water partition coefficient (Wildman–Crippen LogP) is 3.00. The molecule has 0 aliphatic heterocycles. The van der Waals surface area contributed by atoms with E-state index in [4.69, 9.17) is 4.74 Å². The molecule has 0 fully saturated rings. The number of carbonyl (C=O) groups is 2. The van der Waals surface area contributed by atoms with Crippen LogP contribution < -0.4 is 10.1 Å². The van der Waals surface area contributed by atoms with Crippen molar-refractivity contribution < 1.29 is 18.7 Å². The second-order valence-corrected chi connectivity index (χ2v) is 6.68. The first-order valence-corrected chi connectivity index (χ1v) is 8.84. The summed E-state index contributed by atoms with van der Waals surface area (Å²) in [6.07, 6.45) is 0. The first-order valence-electron chi connectivity index (χ1n) is 8.84. The summed E-state index contributed by atoms with van der Waals surface area (Å²) < 4.78 is 19.2. The third-order valence-electron chi connectivity index (χ3n) is 4.10.